The fraction of sp³-hybridized carbons (Fsp3) is 0.409. The molecule has 1 saturated heterocycles. The molecule has 0 spiro atoms. The van der Waals surface area contributed by atoms with Crippen LogP contribution < -0.4 is 10.2 Å². The molecule has 25 heavy (non-hydrogen) atoms. The molecule has 132 valence electrons. The molecule has 1 amide bonds. The summed E-state index contributed by atoms with van der Waals surface area (Å²) >= 11 is 0. The Labute approximate surface area is 151 Å². The molecular formula is C22H29N2O+. The summed E-state index contributed by atoms with van der Waals surface area (Å²) in [5.41, 5.74) is 2.25. The lowest BCUT2D eigenvalue weighted by atomic mass is 9.98. The number of benzene rings is 2. The van der Waals surface area contributed by atoms with Crippen LogP contribution in [0.5, 0.6) is 0 Å². The van der Waals surface area contributed by atoms with Crippen LogP contribution in [0.1, 0.15) is 49.8 Å². The number of quaternary nitrogens is 1. The topological polar surface area (TPSA) is 33.5 Å². The van der Waals surface area contributed by atoms with Crippen LogP contribution in [0.25, 0.3) is 0 Å². The number of hydrogen-bond acceptors (Lipinski definition) is 1. The van der Waals surface area contributed by atoms with Crippen molar-refractivity contribution in [1.82, 2.24) is 5.32 Å². The van der Waals surface area contributed by atoms with Gasteiger partial charge in [0.15, 0.2) is 6.04 Å². The van der Waals surface area contributed by atoms with Gasteiger partial charge in [-0.1, -0.05) is 60.7 Å². The maximum Gasteiger partial charge on any atom is 0.278 e. The normalized spacial score (nSPS) is 17.0. The molecule has 1 aliphatic rings. The van der Waals surface area contributed by atoms with Crippen LogP contribution in [0.2, 0.25) is 0 Å². The van der Waals surface area contributed by atoms with Gasteiger partial charge in [0.2, 0.25) is 0 Å². The standard InChI is InChI=1S/C22H28N2O/c1-18(24-16-10-2-3-11-17-24)22(25)23-21(19-12-6-4-7-13-19)20-14-8-5-9-15-20/h4-9,12-15,18,21H,2-3,10-11,16-17H2,1H3,(H,23,25)/p+1/t18-/m1/s1. The van der Waals surface area contributed by atoms with Gasteiger partial charge in [-0.25, -0.2) is 0 Å². The molecule has 0 unspecified atom stereocenters. The summed E-state index contributed by atoms with van der Waals surface area (Å²) in [6.07, 6.45) is 5.06. The van der Waals surface area contributed by atoms with Crippen LogP contribution in [0.15, 0.2) is 60.7 Å². The fourth-order valence-electron chi connectivity index (χ4n) is 3.72. The van der Waals surface area contributed by atoms with Gasteiger partial charge in [-0.15, -0.1) is 0 Å². The predicted molar refractivity (Wildman–Crippen MR) is 101 cm³/mol. The Morgan fingerprint density at radius 3 is 1.80 bits per heavy atom. The van der Waals surface area contributed by atoms with E-state index in [-0.39, 0.29) is 18.0 Å². The van der Waals surface area contributed by atoms with Gasteiger partial charge < -0.3 is 10.2 Å². The highest BCUT2D eigenvalue weighted by atomic mass is 16.2. The van der Waals surface area contributed by atoms with Gasteiger partial charge in [-0.3, -0.25) is 4.79 Å². The molecule has 3 nitrogen and oxygen atoms in total. The lowest BCUT2D eigenvalue weighted by molar-refractivity contribution is -0.913. The molecule has 2 N–H and O–H groups in total. The van der Waals surface area contributed by atoms with E-state index in [0.717, 1.165) is 24.2 Å². The summed E-state index contributed by atoms with van der Waals surface area (Å²) in [7, 11) is 0. The van der Waals surface area contributed by atoms with Crippen molar-refractivity contribution in [3.63, 3.8) is 0 Å². The Bertz CT molecular complexity index is 609. The van der Waals surface area contributed by atoms with E-state index >= 15 is 0 Å². The monoisotopic (exact) mass is 337 g/mol. The summed E-state index contributed by atoms with van der Waals surface area (Å²) < 4.78 is 0. The second kappa shape index (κ2) is 8.82. The number of amides is 1. The first-order valence-electron chi connectivity index (χ1n) is 9.50. The minimum absolute atomic E-state index is 0.00646. The summed E-state index contributed by atoms with van der Waals surface area (Å²) in [6.45, 7) is 4.29. The van der Waals surface area contributed by atoms with Crippen molar-refractivity contribution in [2.45, 2.75) is 44.7 Å². The second-order valence-electron chi connectivity index (χ2n) is 7.06. The molecule has 2 aromatic carbocycles. The molecule has 3 heteroatoms. The zero-order chi connectivity index (χ0) is 17.5. The van der Waals surface area contributed by atoms with Crippen LogP contribution in [-0.4, -0.2) is 25.0 Å². The van der Waals surface area contributed by atoms with E-state index < -0.39 is 0 Å². The fourth-order valence-corrected chi connectivity index (χ4v) is 3.72. The number of carbonyl (C=O) groups excluding carboxylic acids is 1. The molecule has 0 bridgehead atoms. The smallest absolute Gasteiger partial charge is 0.278 e. The first-order valence-corrected chi connectivity index (χ1v) is 9.50. The van der Waals surface area contributed by atoms with Crippen LogP contribution in [0.3, 0.4) is 0 Å². The number of nitrogens with one attached hydrogen (secondary N) is 2. The summed E-state index contributed by atoms with van der Waals surface area (Å²) in [5.74, 6) is 0.148. The number of likely N-dealkylation sites (tertiary alicyclic amines) is 1. The van der Waals surface area contributed by atoms with Gasteiger partial charge in [0.25, 0.3) is 5.91 Å². The molecule has 0 radical (unpaired) electrons. The highest BCUT2D eigenvalue weighted by Gasteiger charge is 2.28. The number of carbonyl (C=O) groups is 1. The van der Waals surface area contributed by atoms with E-state index in [9.17, 15) is 4.79 Å². The molecule has 1 fully saturated rings. The molecule has 0 aliphatic carbocycles. The third-order valence-corrected chi connectivity index (χ3v) is 5.30. The molecule has 0 aromatic heterocycles. The molecule has 3 rings (SSSR count). The Morgan fingerprint density at radius 1 is 0.840 bits per heavy atom. The van der Waals surface area contributed by atoms with Crippen molar-refractivity contribution in [2.75, 3.05) is 13.1 Å². The van der Waals surface area contributed by atoms with Crippen molar-refractivity contribution >= 4 is 5.91 Å². The van der Waals surface area contributed by atoms with Crippen molar-refractivity contribution in [3.8, 4) is 0 Å². The third-order valence-electron chi connectivity index (χ3n) is 5.30. The Kier molecular flexibility index (Phi) is 6.24. The SMILES string of the molecule is C[C@H](C(=O)NC(c1ccccc1)c1ccccc1)[NH+]1CCCCCC1. The van der Waals surface area contributed by atoms with E-state index in [1.165, 1.54) is 30.6 Å². The third kappa shape index (κ3) is 4.70. The van der Waals surface area contributed by atoms with Crippen LogP contribution in [0.4, 0.5) is 0 Å². The second-order valence-corrected chi connectivity index (χ2v) is 7.06. The van der Waals surface area contributed by atoms with Gasteiger partial charge in [-0.05, 0) is 43.7 Å². The Hall–Kier alpha value is -2.13. The number of hydrogen-bond donors (Lipinski definition) is 2. The zero-order valence-electron chi connectivity index (χ0n) is 15.1. The molecule has 0 saturated carbocycles. The highest BCUT2D eigenvalue weighted by molar-refractivity contribution is 5.80. The first kappa shape index (κ1) is 17.7. The molecule has 1 heterocycles. The Morgan fingerprint density at radius 2 is 1.32 bits per heavy atom. The van der Waals surface area contributed by atoms with E-state index in [0.29, 0.717) is 0 Å². The van der Waals surface area contributed by atoms with Gasteiger partial charge in [0.05, 0.1) is 19.1 Å². The summed E-state index contributed by atoms with van der Waals surface area (Å²) in [5, 5.41) is 3.31. The summed E-state index contributed by atoms with van der Waals surface area (Å²) in [4.78, 5) is 14.4. The maximum absolute atomic E-state index is 13.0. The van der Waals surface area contributed by atoms with E-state index in [1.807, 2.05) is 36.4 Å². The Balaban J connectivity index is 1.76. The summed E-state index contributed by atoms with van der Waals surface area (Å²) in [6, 6.07) is 20.4. The number of rotatable bonds is 5. The predicted octanol–water partition coefficient (Wildman–Crippen LogP) is 2.74. The first-order chi connectivity index (χ1) is 12.3. The van der Waals surface area contributed by atoms with Gasteiger partial charge in [-0.2, -0.15) is 0 Å². The van der Waals surface area contributed by atoms with E-state index in [4.69, 9.17) is 0 Å². The quantitative estimate of drug-likeness (QED) is 0.864. The van der Waals surface area contributed by atoms with Gasteiger partial charge in [0, 0.05) is 0 Å². The molecule has 2 aromatic rings. The van der Waals surface area contributed by atoms with Crippen molar-refractivity contribution in [3.05, 3.63) is 71.8 Å². The molecular weight excluding hydrogens is 308 g/mol. The average molecular weight is 337 g/mol. The van der Waals surface area contributed by atoms with Crippen molar-refractivity contribution in [1.29, 1.82) is 0 Å². The van der Waals surface area contributed by atoms with Gasteiger partial charge >= 0.3 is 0 Å². The van der Waals surface area contributed by atoms with Crippen molar-refractivity contribution < 1.29 is 9.69 Å². The van der Waals surface area contributed by atoms with Crippen LogP contribution in [0, 0.1) is 0 Å². The highest BCUT2D eigenvalue weighted by Crippen LogP contribution is 2.21. The zero-order valence-corrected chi connectivity index (χ0v) is 15.1. The van der Waals surface area contributed by atoms with Crippen LogP contribution in [-0.2, 0) is 4.79 Å². The minimum atomic E-state index is -0.0938. The van der Waals surface area contributed by atoms with Gasteiger partial charge in [0.1, 0.15) is 0 Å². The van der Waals surface area contributed by atoms with Crippen LogP contribution >= 0.6 is 0 Å². The van der Waals surface area contributed by atoms with E-state index in [1.54, 1.807) is 0 Å². The molecule has 1 atom stereocenters. The minimum Gasteiger partial charge on any atom is -0.340 e. The van der Waals surface area contributed by atoms with E-state index in [2.05, 4.69) is 36.5 Å². The average Bonchev–Trinajstić information content (AvgIpc) is 2.96. The largest absolute Gasteiger partial charge is 0.340 e. The molecule has 1 aliphatic heterocycles. The maximum atomic E-state index is 13.0. The lowest BCUT2D eigenvalue weighted by Crippen LogP contribution is -3.16. The van der Waals surface area contributed by atoms with Crippen molar-refractivity contribution in [2.24, 2.45) is 0 Å². The lowest BCUT2D eigenvalue weighted by Gasteiger charge is -2.27.